The number of hydrogen-bond acceptors (Lipinski definition) is 8. The van der Waals surface area contributed by atoms with Crippen LogP contribution in [0.2, 0.25) is 0 Å². The number of hydrogen-bond donors (Lipinski definition) is 1. The van der Waals surface area contributed by atoms with Crippen LogP contribution in [0.5, 0.6) is 5.75 Å². The first-order valence-electron chi connectivity index (χ1n) is 13.9. The SMILES string of the molecule is CN1CCN(c2cc3c(cc2Nc2nnc(-c4ccc(OC(F)(F)F)cc4)s2)nc(-c2ccc(F)cc2)n3C2CC2)CC1. The lowest BCUT2D eigenvalue weighted by Gasteiger charge is -2.35. The molecule has 1 N–H and O–H groups in total. The Kier molecular flexibility index (Phi) is 6.93. The van der Waals surface area contributed by atoms with Gasteiger partial charge < -0.3 is 24.4 Å². The summed E-state index contributed by atoms with van der Waals surface area (Å²) in [5.74, 6) is 0.230. The summed E-state index contributed by atoms with van der Waals surface area (Å²) in [7, 11) is 2.11. The summed E-state index contributed by atoms with van der Waals surface area (Å²) in [5.41, 5.74) is 5.19. The second-order valence-corrected chi connectivity index (χ2v) is 11.8. The van der Waals surface area contributed by atoms with E-state index in [4.69, 9.17) is 4.98 Å². The van der Waals surface area contributed by atoms with Crippen LogP contribution in [0.15, 0.2) is 60.7 Å². The molecule has 5 aromatic rings. The summed E-state index contributed by atoms with van der Waals surface area (Å²) in [6, 6.07) is 16.6. The topological polar surface area (TPSA) is 71.3 Å². The quantitative estimate of drug-likeness (QED) is 0.198. The van der Waals surface area contributed by atoms with Gasteiger partial charge in [0.2, 0.25) is 5.13 Å². The highest BCUT2D eigenvalue weighted by atomic mass is 32.1. The molecule has 1 saturated carbocycles. The van der Waals surface area contributed by atoms with E-state index in [1.807, 2.05) is 6.07 Å². The average molecular weight is 610 g/mol. The van der Waals surface area contributed by atoms with Crippen molar-refractivity contribution in [3.8, 4) is 27.7 Å². The molecule has 1 aliphatic carbocycles. The summed E-state index contributed by atoms with van der Waals surface area (Å²) < 4.78 is 57.6. The molecule has 2 aliphatic rings. The number of ether oxygens (including phenoxy) is 1. The van der Waals surface area contributed by atoms with Gasteiger partial charge in [0.05, 0.1) is 22.4 Å². The van der Waals surface area contributed by atoms with Gasteiger partial charge in [0.15, 0.2) is 0 Å². The Labute approximate surface area is 248 Å². The van der Waals surface area contributed by atoms with Crippen LogP contribution < -0.4 is 15.0 Å². The highest BCUT2D eigenvalue weighted by Crippen LogP contribution is 2.44. The second kappa shape index (κ2) is 10.8. The predicted octanol–water partition coefficient (Wildman–Crippen LogP) is 7.09. The van der Waals surface area contributed by atoms with E-state index in [0.717, 1.165) is 72.8 Å². The molecule has 0 unspecified atom stereocenters. The largest absolute Gasteiger partial charge is 0.573 e. The maximum atomic E-state index is 13.7. The van der Waals surface area contributed by atoms with Crippen molar-refractivity contribution in [2.24, 2.45) is 0 Å². The number of fused-ring (bicyclic) bond motifs is 1. The number of halogens is 4. The number of nitrogens with zero attached hydrogens (tertiary/aromatic N) is 6. The molecule has 0 spiro atoms. The van der Waals surface area contributed by atoms with Crippen molar-refractivity contribution >= 4 is 38.9 Å². The molecule has 1 aliphatic heterocycles. The summed E-state index contributed by atoms with van der Waals surface area (Å²) in [4.78, 5) is 9.66. The average Bonchev–Trinajstić information content (AvgIpc) is 3.59. The molecule has 2 fully saturated rings. The third kappa shape index (κ3) is 5.87. The van der Waals surface area contributed by atoms with Gasteiger partial charge in [-0.15, -0.1) is 23.4 Å². The lowest BCUT2D eigenvalue weighted by atomic mass is 10.2. The minimum atomic E-state index is -4.75. The van der Waals surface area contributed by atoms with Crippen LogP contribution in [0, 0.1) is 5.82 Å². The van der Waals surface area contributed by atoms with Gasteiger partial charge in [-0.05, 0) is 80.6 Å². The number of benzene rings is 3. The minimum absolute atomic E-state index is 0.288. The smallest absolute Gasteiger partial charge is 0.406 e. The molecule has 8 nitrogen and oxygen atoms in total. The minimum Gasteiger partial charge on any atom is -0.406 e. The first-order valence-corrected chi connectivity index (χ1v) is 14.7. The summed E-state index contributed by atoms with van der Waals surface area (Å²) in [6.07, 6.45) is -2.61. The van der Waals surface area contributed by atoms with E-state index >= 15 is 0 Å². The normalized spacial score (nSPS) is 16.2. The van der Waals surface area contributed by atoms with Crippen LogP contribution in [0.4, 0.5) is 34.1 Å². The van der Waals surface area contributed by atoms with Crippen molar-refractivity contribution in [3.63, 3.8) is 0 Å². The van der Waals surface area contributed by atoms with E-state index in [-0.39, 0.29) is 11.6 Å². The molecule has 3 heterocycles. The molecule has 0 atom stereocenters. The zero-order valence-electron chi connectivity index (χ0n) is 23.1. The Balaban J connectivity index is 1.25. The molecule has 1 saturated heterocycles. The lowest BCUT2D eigenvalue weighted by Crippen LogP contribution is -2.44. The van der Waals surface area contributed by atoms with Crippen molar-refractivity contribution in [3.05, 3.63) is 66.5 Å². The third-order valence-corrected chi connectivity index (χ3v) is 8.55. The van der Waals surface area contributed by atoms with Crippen molar-refractivity contribution in [2.45, 2.75) is 25.2 Å². The molecule has 3 aromatic carbocycles. The van der Waals surface area contributed by atoms with E-state index < -0.39 is 6.36 Å². The number of aromatic nitrogens is 4. The summed E-state index contributed by atoms with van der Waals surface area (Å²) in [5, 5.41) is 13.1. The zero-order chi connectivity index (χ0) is 29.7. The number of rotatable bonds is 7. The molecule has 2 aromatic heterocycles. The molecule has 13 heteroatoms. The van der Waals surface area contributed by atoms with E-state index in [2.05, 4.69) is 47.7 Å². The van der Waals surface area contributed by atoms with Gasteiger partial charge in [-0.1, -0.05) is 11.3 Å². The van der Waals surface area contributed by atoms with Gasteiger partial charge in [0.25, 0.3) is 0 Å². The van der Waals surface area contributed by atoms with Gasteiger partial charge in [0, 0.05) is 43.3 Å². The van der Waals surface area contributed by atoms with E-state index in [1.54, 1.807) is 12.1 Å². The number of nitrogens with one attached hydrogen (secondary N) is 1. The van der Waals surface area contributed by atoms with Gasteiger partial charge >= 0.3 is 6.36 Å². The Morgan fingerprint density at radius 1 is 0.907 bits per heavy atom. The van der Waals surface area contributed by atoms with Crippen LogP contribution in [-0.2, 0) is 0 Å². The summed E-state index contributed by atoms with van der Waals surface area (Å²) >= 11 is 1.30. The van der Waals surface area contributed by atoms with Crippen LogP contribution in [0.25, 0.3) is 33.0 Å². The number of anilines is 3. The number of likely N-dealkylation sites (N-methyl/N-ethyl adjacent to an activating group) is 1. The van der Waals surface area contributed by atoms with Crippen molar-refractivity contribution in [1.82, 2.24) is 24.6 Å². The fourth-order valence-corrected chi connectivity index (χ4v) is 6.11. The van der Waals surface area contributed by atoms with E-state index in [1.165, 1.54) is 47.7 Å². The monoisotopic (exact) mass is 609 g/mol. The van der Waals surface area contributed by atoms with Crippen molar-refractivity contribution < 1.29 is 22.3 Å². The maximum absolute atomic E-state index is 13.7. The molecule has 0 amide bonds. The number of imidazole rings is 1. The molecule has 0 radical (unpaired) electrons. The third-order valence-electron chi connectivity index (χ3n) is 7.67. The van der Waals surface area contributed by atoms with Crippen LogP contribution in [0.1, 0.15) is 18.9 Å². The molecular weight excluding hydrogens is 582 g/mol. The summed E-state index contributed by atoms with van der Waals surface area (Å²) in [6.45, 7) is 3.56. The first kappa shape index (κ1) is 27.6. The van der Waals surface area contributed by atoms with Gasteiger partial charge in [-0.25, -0.2) is 9.37 Å². The van der Waals surface area contributed by atoms with Gasteiger partial charge in [-0.2, -0.15) is 0 Å². The predicted molar refractivity (Wildman–Crippen MR) is 158 cm³/mol. The van der Waals surface area contributed by atoms with Gasteiger partial charge in [-0.3, -0.25) is 0 Å². The van der Waals surface area contributed by atoms with E-state index in [9.17, 15) is 17.6 Å². The Hall–Kier alpha value is -4.23. The van der Waals surface area contributed by atoms with Gasteiger partial charge in [0.1, 0.15) is 22.4 Å². The lowest BCUT2D eigenvalue weighted by molar-refractivity contribution is -0.274. The molecule has 0 bridgehead atoms. The maximum Gasteiger partial charge on any atom is 0.573 e. The standard InChI is InChI=1S/C30H27F4N7OS/c1-39-12-14-40(15-13-39)25-17-26-24(35-27(41(26)21-8-9-21)18-2-6-20(31)7-3-18)16-23(25)36-29-38-37-28(43-29)19-4-10-22(11-5-19)42-30(32,33)34/h2-7,10-11,16-17,21H,8-9,12-15H2,1H3,(H,36,38). The molecule has 222 valence electrons. The molecule has 7 rings (SSSR count). The Morgan fingerprint density at radius 3 is 2.28 bits per heavy atom. The molecular formula is C30H27F4N7OS. The highest BCUT2D eigenvalue weighted by molar-refractivity contribution is 7.18. The fraction of sp³-hybridized carbons (Fsp3) is 0.300. The van der Waals surface area contributed by atoms with Crippen molar-refractivity contribution in [2.75, 3.05) is 43.4 Å². The zero-order valence-corrected chi connectivity index (χ0v) is 23.9. The first-order chi connectivity index (χ1) is 20.7. The van der Waals surface area contributed by atoms with Crippen molar-refractivity contribution in [1.29, 1.82) is 0 Å². The Bertz CT molecular complexity index is 1760. The van der Waals surface area contributed by atoms with Crippen LogP contribution in [0.3, 0.4) is 0 Å². The van der Waals surface area contributed by atoms with E-state index in [0.29, 0.717) is 21.7 Å². The molecule has 43 heavy (non-hydrogen) atoms. The number of piperazine rings is 1. The second-order valence-electron chi connectivity index (χ2n) is 10.8. The van der Waals surface area contributed by atoms with Crippen LogP contribution >= 0.6 is 11.3 Å². The van der Waals surface area contributed by atoms with Crippen LogP contribution in [-0.4, -0.2) is 64.2 Å². The Morgan fingerprint density at radius 2 is 1.60 bits per heavy atom. The highest BCUT2D eigenvalue weighted by Gasteiger charge is 2.32. The number of alkyl halides is 3. The fourth-order valence-electron chi connectivity index (χ4n) is 5.35.